The summed E-state index contributed by atoms with van der Waals surface area (Å²) in [5.41, 5.74) is 5.64. The van der Waals surface area contributed by atoms with Gasteiger partial charge in [-0.2, -0.15) is 0 Å². The highest BCUT2D eigenvalue weighted by Crippen LogP contribution is 2.47. The van der Waals surface area contributed by atoms with Gasteiger partial charge in [0.05, 0.1) is 5.41 Å². The lowest BCUT2D eigenvalue weighted by molar-refractivity contribution is -0.123. The van der Waals surface area contributed by atoms with Gasteiger partial charge < -0.3 is 5.73 Å². The Bertz CT molecular complexity index is 383. The van der Waals surface area contributed by atoms with Crippen molar-refractivity contribution >= 4 is 5.91 Å². The normalized spacial score (nSPS) is 19.6. The first-order valence-corrected chi connectivity index (χ1v) is 5.11. The Morgan fingerprint density at radius 2 is 1.93 bits per heavy atom. The maximum absolute atomic E-state index is 12.8. The van der Waals surface area contributed by atoms with Crippen molar-refractivity contribution in [2.45, 2.75) is 25.2 Å². The highest BCUT2D eigenvalue weighted by molar-refractivity contribution is 5.87. The molecular formula is C12H14FNO. The van der Waals surface area contributed by atoms with Gasteiger partial charge in [-0.3, -0.25) is 4.79 Å². The number of halogens is 1. The molecule has 0 heterocycles. The molecule has 3 heteroatoms. The van der Waals surface area contributed by atoms with Gasteiger partial charge in [0, 0.05) is 0 Å². The molecule has 0 saturated heterocycles. The number of amides is 1. The molecule has 2 rings (SSSR count). The second kappa shape index (κ2) is 3.33. The fraction of sp³-hybridized carbons (Fsp3) is 0.417. The molecule has 0 bridgehead atoms. The van der Waals surface area contributed by atoms with Crippen molar-refractivity contribution in [2.24, 2.45) is 11.7 Å². The van der Waals surface area contributed by atoms with Gasteiger partial charge >= 0.3 is 0 Å². The molecule has 1 aliphatic rings. The van der Waals surface area contributed by atoms with Crippen LogP contribution < -0.4 is 5.73 Å². The van der Waals surface area contributed by atoms with Crippen molar-refractivity contribution in [3.8, 4) is 0 Å². The number of benzene rings is 1. The van der Waals surface area contributed by atoms with Crippen LogP contribution in [-0.4, -0.2) is 5.91 Å². The molecule has 0 radical (unpaired) electrons. The maximum atomic E-state index is 12.8. The number of carbonyl (C=O) groups excluding carboxylic acids is 1. The summed E-state index contributed by atoms with van der Waals surface area (Å²) in [6, 6.07) is 6.05. The standard InChI is InChI=1S/C12H14FNO/c1-12(11(14)15,8-2-3-8)9-4-6-10(13)7-5-9/h4-8H,2-3H2,1H3,(H2,14,15). The molecule has 80 valence electrons. The largest absolute Gasteiger partial charge is 0.369 e. The summed E-state index contributed by atoms with van der Waals surface area (Å²) in [4.78, 5) is 11.5. The zero-order chi connectivity index (χ0) is 11.1. The zero-order valence-corrected chi connectivity index (χ0v) is 8.66. The summed E-state index contributed by atoms with van der Waals surface area (Å²) < 4.78 is 12.8. The van der Waals surface area contributed by atoms with Crippen LogP contribution in [0.4, 0.5) is 4.39 Å². The van der Waals surface area contributed by atoms with Gasteiger partial charge in [-0.15, -0.1) is 0 Å². The summed E-state index contributed by atoms with van der Waals surface area (Å²) in [5.74, 6) is -0.293. The van der Waals surface area contributed by atoms with E-state index in [1.165, 1.54) is 12.1 Å². The van der Waals surface area contributed by atoms with Crippen LogP contribution in [0.1, 0.15) is 25.3 Å². The van der Waals surface area contributed by atoms with Crippen molar-refractivity contribution in [1.82, 2.24) is 0 Å². The Hall–Kier alpha value is -1.38. The molecule has 1 unspecified atom stereocenters. The van der Waals surface area contributed by atoms with Crippen molar-refractivity contribution < 1.29 is 9.18 Å². The highest BCUT2D eigenvalue weighted by Gasteiger charge is 2.47. The summed E-state index contributed by atoms with van der Waals surface area (Å²) in [5, 5.41) is 0. The third-order valence-corrected chi connectivity index (χ3v) is 3.35. The average Bonchev–Trinajstić information content (AvgIpc) is 3.00. The number of hydrogen-bond acceptors (Lipinski definition) is 1. The highest BCUT2D eigenvalue weighted by atomic mass is 19.1. The van der Waals surface area contributed by atoms with E-state index in [4.69, 9.17) is 5.73 Å². The van der Waals surface area contributed by atoms with Crippen LogP contribution in [0.5, 0.6) is 0 Å². The van der Waals surface area contributed by atoms with Gasteiger partial charge in [0.2, 0.25) is 5.91 Å². The fourth-order valence-electron chi connectivity index (χ4n) is 2.04. The molecule has 1 aromatic rings. The second-order valence-corrected chi connectivity index (χ2v) is 4.35. The summed E-state index contributed by atoms with van der Waals surface area (Å²) in [7, 11) is 0. The molecule has 1 saturated carbocycles. The average molecular weight is 207 g/mol. The fourth-order valence-corrected chi connectivity index (χ4v) is 2.04. The monoisotopic (exact) mass is 207 g/mol. The van der Waals surface area contributed by atoms with Crippen LogP contribution >= 0.6 is 0 Å². The Morgan fingerprint density at radius 3 is 2.33 bits per heavy atom. The first-order chi connectivity index (χ1) is 7.05. The topological polar surface area (TPSA) is 43.1 Å². The Labute approximate surface area is 88.3 Å². The molecule has 1 aliphatic carbocycles. The number of hydrogen-bond donors (Lipinski definition) is 1. The summed E-state index contributed by atoms with van der Waals surface area (Å²) in [6.07, 6.45) is 2.05. The SMILES string of the molecule is CC(C(N)=O)(c1ccc(F)cc1)C1CC1. The molecule has 0 aliphatic heterocycles. The van der Waals surface area contributed by atoms with E-state index in [1.54, 1.807) is 12.1 Å². The van der Waals surface area contributed by atoms with Gasteiger partial charge in [-0.25, -0.2) is 4.39 Å². The molecule has 1 aromatic carbocycles. The van der Waals surface area contributed by atoms with E-state index < -0.39 is 5.41 Å². The lowest BCUT2D eigenvalue weighted by atomic mass is 9.77. The molecule has 2 N–H and O–H groups in total. The van der Waals surface area contributed by atoms with E-state index in [-0.39, 0.29) is 11.7 Å². The quantitative estimate of drug-likeness (QED) is 0.809. The molecule has 2 nitrogen and oxygen atoms in total. The Morgan fingerprint density at radius 1 is 1.40 bits per heavy atom. The summed E-state index contributed by atoms with van der Waals surface area (Å²) >= 11 is 0. The lowest BCUT2D eigenvalue weighted by Gasteiger charge is -2.26. The zero-order valence-electron chi connectivity index (χ0n) is 8.66. The van der Waals surface area contributed by atoms with Crippen molar-refractivity contribution in [2.75, 3.05) is 0 Å². The van der Waals surface area contributed by atoms with Gasteiger partial charge in [0.1, 0.15) is 5.82 Å². The van der Waals surface area contributed by atoms with Crippen LogP contribution in [0.25, 0.3) is 0 Å². The minimum Gasteiger partial charge on any atom is -0.369 e. The van der Waals surface area contributed by atoms with Gasteiger partial charge in [-0.1, -0.05) is 12.1 Å². The van der Waals surface area contributed by atoms with Crippen LogP contribution in [0, 0.1) is 11.7 Å². The Kier molecular flexibility index (Phi) is 2.25. The van der Waals surface area contributed by atoms with Crippen molar-refractivity contribution in [3.05, 3.63) is 35.6 Å². The van der Waals surface area contributed by atoms with Gasteiger partial charge in [0.15, 0.2) is 0 Å². The first kappa shape index (κ1) is 10.1. The van der Waals surface area contributed by atoms with E-state index in [0.717, 1.165) is 18.4 Å². The minimum atomic E-state index is -0.631. The van der Waals surface area contributed by atoms with Crippen molar-refractivity contribution in [3.63, 3.8) is 0 Å². The maximum Gasteiger partial charge on any atom is 0.228 e. The first-order valence-electron chi connectivity index (χ1n) is 5.11. The molecule has 1 fully saturated rings. The van der Waals surface area contributed by atoms with Crippen LogP contribution in [0.15, 0.2) is 24.3 Å². The van der Waals surface area contributed by atoms with Gasteiger partial charge in [-0.05, 0) is 43.4 Å². The van der Waals surface area contributed by atoms with Crippen molar-refractivity contribution in [1.29, 1.82) is 0 Å². The molecule has 0 aromatic heterocycles. The molecule has 1 amide bonds. The van der Waals surface area contributed by atoms with Crippen LogP contribution in [0.2, 0.25) is 0 Å². The lowest BCUT2D eigenvalue weighted by Crippen LogP contribution is -2.40. The van der Waals surface area contributed by atoms with Crippen LogP contribution in [0.3, 0.4) is 0 Å². The molecule has 0 spiro atoms. The third-order valence-electron chi connectivity index (χ3n) is 3.35. The van der Waals surface area contributed by atoms with E-state index in [0.29, 0.717) is 5.92 Å². The van der Waals surface area contributed by atoms with E-state index in [9.17, 15) is 9.18 Å². The summed E-state index contributed by atoms with van der Waals surface area (Å²) in [6.45, 7) is 1.85. The Balaban J connectivity index is 2.40. The second-order valence-electron chi connectivity index (χ2n) is 4.35. The number of rotatable bonds is 3. The van der Waals surface area contributed by atoms with Gasteiger partial charge in [0.25, 0.3) is 0 Å². The molecule has 1 atom stereocenters. The number of carbonyl (C=O) groups is 1. The van der Waals surface area contributed by atoms with E-state index in [1.807, 2.05) is 6.92 Å². The third kappa shape index (κ3) is 1.62. The number of primary amides is 1. The predicted molar refractivity (Wildman–Crippen MR) is 55.7 cm³/mol. The van der Waals surface area contributed by atoms with E-state index >= 15 is 0 Å². The molecular weight excluding hydrogens is 193 g/mol. The van der Waals surface area contributed by atoms with Crippen LogP contribution in [-0.2, 0) is 10.2 Å². The smallest absolute Gasteiger partial charge is 0.228 e. The minimum absolute atomic E-state index is 0.290. The molecule has 15 heavy (non-hydrogen) atoms. The number of nitrogens with two attached hydrogens (primary N) is 1. The predicted octanol–water partition coefficient (Wildman–Crippen LogP) is 1.98. The van der Waals surface area contributed by atoms with E-state index in [2.05, 4.69) is 0 Å².